The normalized spacial score (nSPS) is 14.7. The van der Waals surface area contributed by atoms with Crippen LogP contribution in [0.25, 0.3) is 21.7 Å². The molecule has 1 N–H and O–H groups in total. The summed E-state index contributed by atoms with van der Waals surface area (Å²) in [5.41, 5.74) is 1.43. The summed E-state index contributed by atoms with van der Waals surface area (Å²) >= 11 is 0. The van der Waals surface area contributed by atoms with Crippen molar-refractivity contribution < 1.29 is 19.0 Å². The summed E-state index contributed by atoms with van der Waals surface area (Å²) in [7, 11) is 3.20. The van der Waals surface area contributed by atoms with Gasteiger partial charge in [-0.3, -0.25) is 9.78 Å². The van der Waals surface area contributed by atoms with Crippen LogP contribution in [0.15, 0.2) is 60.8 Å². The number of hydrogen-bond acceptors (Lipinski definition) is 6. The molecule has 2 heterocycles. The first-order valence-corrected chi connectivity index (χ1v) is 12.7. The molecule has 0 atom stereocenters. The molecule has 0 saturated carbocycles. The number of carbonyl (C=O) groups excluding carboxylic acids is 1. The van der Waals surface area contributed by atoms with Gasteiger partial charge in [0.05, 0.1) is 19.7 Å². The van der Waals surface area contributed by atoms with E-state index in [0.717, 1.165) is 47.6 Å². The van der Waals surface area contributed by atoms with Gasteiger partial charge in [0.1, 0.15) is 11.5 Å². The number of piperidine rings is 1. The molecule has 1 aliphatic rings. The average Bonchev–Trinajstić information content (AvgIpc) is 2.92. The first-order valence-electron chi connectivity index (χ1n) is 12.7. The zero-order valence-corrected chi connectivity index (χ0v) is 21.8. The summed E-state index contributed by atoms with van der Waals surface area (Å²) in [5, 5.41) is 5.92. The first-order chi connectivity index (χ1) is 18.0. The number of hydrogen-bond donors (Lipinski definition) is 1. The fourth-order valence-electron chi connectivity index (χ4n) is 5.01. The second-order valence-corrected chi connectivity index (χ2v) is 9.70. The van der Waals surface area contributed by atoms with Gasteiger partial charge in [-0.25, -0.2) is 0 Å². The SMILES string of the molecule is COc1cc2nccc(Oc3ccc4c(C(=O)NC5CCN(C(C)C)CC5)cccc4c3)c2cc1OC. The molecule has 1 aliphatic heterocycles. The number of ether oxygens (including phenoxy) is 3. The van der Waals surface area contributed by atoms with Gasteiger partial charge in [0.2, 0.25) is 0 Å². The zero-order chi connectivity index (χ0) is 25.9. The van der Waals surface area contributed by atoms with Gasteiger partial charge < -0.3 is 24.4 Å². The van der Waals surface area contributed by atoms with Crippen molar-refractivity contribution in [3.8, 4) is 23.0 Å². The van der Waals surface area contributed by atoms with Gasteiger partial charge in [0.25, 0.3) is 5.91 Å². The van der Waals surface area contributed by atoms with Crippen LogP contribution < -0.4 is 19.5 Å². The third kappa shape index (κ3) is 5.18. The van der Waals surface area contributed by atoms with Crippen LogP contribution >= 0.6 is 0 Å². The van der Waals surface area contributed by atoms with Gasteiger partial charge in [-0.15, -0.1) is 0 Å². The van der Waals surface area contributed by atoms with Gasteiger partial charge in [0.15, 0.2) is 11.5 Å². The molecule has 1 saturated heterocycles. The Morgan fingerprint density at radius 2 is 1.70 bits per heavy atom. The largest absolute Gasteiger partial charge is 0.493 e. The number of pyridine rings is 1. The summed E-state index contributed by atoms with van der Waals surface area (Å²) < 4.78 is 17.1. The molecule has 4 aromatic rings. The van der Waals surface area contributed by atoms with Gasteiger partial charge in [-0.05, 0) is 73.9 Å². The molecule has 3 aromatic carbocycles. The minimum absolute atomic E-state index is 0.0246. The van der Waals surface area contributed by atoms with Crippen molar-refractivity contribution in [2.45, 2.75) is 38.8 Å². The number of rotatable bonds is 7. The summed E-state index contributed by atoms with van der Waals surface area (Å²) in [4.78, 5) is 20.1. The highest BCUT2D eigenvalue weighted by atomic mass is 16.5. The van der Waals surface area contributed by atoms with Crippen molar-refractivity contribution in [1.29, 1.82) is 0 Å². The topological polar surface area (TPSA) is 72.9 Å². The third-order valence-corrected chi connectivity index (χ3v) is 7.13. The molecule has 1 aromatic heterocycles. The molecule has 0 radical (unpaired) electrons. The molecule has 37 heavy (non-hydrogen) atoms. The Bertz CT molecular complexity index is 1430. The molecular weight excluding hydrogens is 466 g/mol. The predicted molar refractivity (Wildman–Crippen MR) is 146 cm³/mol. The number of fused-ring (bicyclic) bond motifs is 2. The second kappa shape index (κ2) is 10.6. The Morgan fingerprint density at radius 1 is 0.946 bits per heavy atom. The van der Waals surface area contributed by atoms with Gasteiger partial charge >= 0.3 is 0 Å². The monoisotopic (exact) mass is 499 g/mol. The van der Waals surface area contributed by atoms with Crippen molar-refractivity contribution in [2.75, 3.05) is 27.3 Å². The standard InChI is InChI=1S/C30H33N3O4/c1-19(2)33-14-11-21(12-15-33)32-30(34)24-7-5-6-20-16-22(8-9-23(20)24)37-27-10-13-31-26-18-29(36-4)28(35-3)17-25(26)27/h5-10,13,16-19,21H,11-12,14-15H2,1-4H3,(H,32,34). The van der Waals surface area contributed by atoms with Crippen LogP contribution in [0, 0.1) is 0 Å². The molecule has 192 valence electrons. The number of methoxy groups -OCH3 is 2. The smallest absolute Gasteiger partial charge is 0.252 e. The van der Waals surface area contributed by atoms with Crippen molar-refractivity contribution in [2.24, 2.45) is 0 Å². The zero-order valence-electron chi connectivity index (χ0n) is 21.8. The van der Waals surface area contributed by atoms with Crippen LogP contribution in [-0.4, -0.2) is 55.2 Å². The van der Waals surface area contributed by atoms with Gasteiger partial charge in [-0.2, -0.15) is 0 Å². The van der Waals surface area contributed by atoms with E-state index in [1.165, 1.54) is 0 Å². The average molecular weight is 500 g/mol. The summed E-state index contributed by atoms with van der Waals surface area (Å²) in [5.74, 6) is 2.53. The maximum atomic E-state index is 13.2. The van der Waals surface area contributed by atoms with E-state index in [2.05, 4.69) is 29.0 Å². The molecule has 7 heteroatoms. The molecule has 1 fully saturated rings. The summed E-state index contributed by atoms with van der Waals surface area (Å²) in [6, 6.07) is 17.9. The number of nitrogens with one attached hydrogen (secondary N) is 1. The fourth-order valence-corrected chi connectivity index (χ4v) is 5.01. The molecular formula is C30H33N3O4. The van der Waals surface area contributed by atoms with Crippen molar-refractivity contribution in [1.82, 2.24) is 15.2 Å². The van der Waals surface area contributed by atoms with E-state index in [9.17, 15) is 4.79 Å². The second-order valence-electron chi connectivity index (χ2n) is 9.70. The molecule has 5 rings (SSSR count). The van der Waals surface area contributed by atoms with E-state index in [-0.39, 0.29) is 11.9 Å². The van der Waals surface area contributed by atoms with Gasteiger partial charge in [-0.1, -0.05) is 12.1 Å². The Balaban J connectivity index is 1.37. The Hall–Kier alpha value is -3.84. The van der Waals surface area contributed by atoms with E-state index in [0.29, 0.717) is 34.6 Å². The van der Waals surface area contributed by atoms with Crippen LogP contribution in [-0.2, 0) is 0 Å². The summed E-state index contributed by atoms with van der Waals surface area (Å²) in [6.07, 6.45) is 3.66. The maximum absolute atomic E-state index is 13.2. The van der Waals surface area contributed by atoms with Crippen LogP contribution in [0.1, 0.15) is 37.0 Å². The lowest BCUT2D eigenvalue weighted by molar-refractivity contribution is 0.0902. The Morgan fingerprint density at radius 3 is 2.43 bits per heavy atom. The molecule has 7 nitrogen and oxygen atoms in total. The highest BCUT2D eigenvalue weighted by Gasteiger charge is 2.23. The highest BCUT2D eigenvalue weighted by Crippen LogP contribution is 2.37. The quantitative estimate of drug-likeness (QED) is 0.346. The number of benzene rings is 3. The molecule has 0 unspecified atom stereocenters. The van der Waals surface area contributed by atoms with E-state index in [1.807, 2.05) is 54.6 Å². The molecule has 0 spiro atoms. The Labute approximate surface area is 217 Å². The van der Waals surface area contributed by atoms with Crippen molar-refractivity contribution >= 4 is 27.6 Å². The predicted octanol–water partition coefficient (Wildman–Crippen LogP) is 5.80. The number of likely N-dealkylation sites (tertiary alicyclic amines) is 1. The molecule has 0 aliphatic carbocycles. The number of nitrogens with zero attached hydrogens (tertiary/aromatic N) is 2. The van der Waals surface area contributed by atoms with Crippen molar-refractivity contribution in [3.05, 3.63) is 66.4 Å². The Kier molecular flexibility index (Phi) is 7.15. The van der Waals surface area contributed by atoms with E-state index < -0.39 is 0 Å². The van der Waals surface area contributed by atoms with Gasteiger partial charge in [0, 0.05) is 48.4 Å². The first kappa shape index (κ1) is 24.8. The number of carbonyl (C=O) groups is 1. The van der Waals surface area contributed by atoms with Crippen LogP contribution in [0.5, 0.6) is 23.0 Å². The molecule has 1 amide bonds. The highest BCUT2D eigenvalue weighted by molar-refractivity contribution is 6.07. The molecule has 0 bridgehead atoms. The summed E-state index contributed by atoms with van der Waals surface area (Å²) in [6.45, 7) is 6.47. The lowest BCUT2D eigenvalue weighted by atomic mass is 10.0. The minimum atomic E-state index is -0.0246. The third-order valence-electron chi connectivity index (χ3n) is 7.13. The van der Waals surface area contributed by atoms with E-state index >= 15 is 0 Å². The van der Waals surface area contributed by atoms with E-state index in [1.54, 1.807) is 20.4 Å². The number of aromatic nitrogens is 1. The minimum Gasteiger partial charge on any atom is -0.493 e. The lowest BCUT2D eigenvalue weighted by Gasteiger charge is -2.34. The number of amides is 1. The lowest BCUT2D eigenvalue weighted by Crippen LogP contribution is -2.46. The van der Waals surface area contributed by atoms with Crippen LogP contribution in [0.4, 0.5) is 0 Å². The van der Waals surface area contributed by atoms with Crippen LogP contribution in [0.3, 0.4) is 0 Å². The van der Waals surface area contributed by atoms with E-state index in [4.69, 9.17) is 14.2 Å². The fraction of sp³-hybridized carbons (Fsp3) is 0.333. The van der Waals surface area contributed by atoms with Crippen molar-refractivity contribution in [3.63, 3.8) is 0 Å². The van der Waals surface area contributed by atoms with Crippen LogP contribution in [0.2, 0.25) is 0 Å². The maximum Gasteiger partial charge on any atom is 0.252 e.